The van der Waals surface area contributed by atoms with Gasteiger partial charge in [0.1, 0.15) is 41.5 Å². The van der Waals surface area contributed by atoms with Gasteiger partial charge < -0.3 is 69.9 Å². The monoisotopic (exact) mass is 1120 g/mol. The number of nitrogens with two attached hydrogens (primary N) is 1. The number of pyridine rings is 1. The number of nitrogens with one attached hydrogen (secondary N) is 2. The summed E-state index contributed by atoms with van der Waals surface area (Å²) < 4.78 is 34.1. The van der Waals surface area contributed by atoms with E-state index < -0.39 is 88.8 Å². The van der Waals surface area contributed by atoms with Crippen molar-refractivity contribution in [2.45, 2.75) is 85.6 Å². The molecule has 1 aromatic heterocycles. The summed E-state index contributed by atoms with van der Waals surface area (Å²) in [5.74, 6) is -7.20. The van der Waals surface area contributed by atoms with Crippen LogP contribution in [-0.2, 0) is 23.8 Å². The number of aliphatic hydroxyl groups excluding tert-OH is 2. The van der Waals surface area contributed by atoms with Crippen molar-refractivity contribution in [3.05, 3.63) is 107 Å². The molecule has 4 aliphatic heterocycles. The predicted molar refractivity (Wildman–Crippen MR) is 302 cm³/mol. The highest BCUT2D eigenvalue weighted by atomic mass is 16.7. The summed E-state index contributed by atoms with van der Waals surface area (Å²) in [4.78, 5) is 58.2. The molecular formula is C58H74N8O15. The zero-order valence-electron chi connectivity index (χ0n) is 47.4. The van der Waals surface area contributed by atoms with Crippen LogP contribution in [0.3, 0.4) is 0 Å². The van der Waals surface area contributed by atoms with Gasteiger partial charge in [-0.25, -0.2) is 5.43 Å². The number of ether oxygens (including phenoxy) is 6. The number of rotatable bonds is 10. The fraction of sp³-hybridized carbons (Fsp3) is 0.431. The van der Waals surface area contributed by atoms with Crippen LogP contribution in [0.2, 0.25) is 0 Å². The number of fused-ring (bicyclic) bond motifs is 14. The number of carbonyl (C=O) groups excluding carboxylic acids is 4. The molecule has 0 aliphatic carbocycles. The van der Waals surface area contributed by atoms with Gasteiger partial charge >= 0.3 is 11.8 Å². The molecular weight excluding hydrogens is 1050 g/mol. The SMILES string of the molecule is CO[C@H]1/C=C/O[C@@]2(C)Oc3c(C)c(O)c4c(O)c(c(/C=N\N5CCN(C)CC5)c(O)c4c3C2=O)NC(=O)/C(C)=C\C=C\[C@@H](C)[C@H](O)[C@@H](C)[C@H](O)[C@@H](C)[C@H](OC(C)=O)[C@@H]1C.COc1ccc(OC/C(N)=N\NC(=O)c2ccncc2)cc1. The van der Waals surface area contributed by atoms with Gasteiger partial charge in [0.05, 0.1) is 60.1 Å². The number of hydrogen-bond acceptors (Lipinski definition) is 20. The van der Waals surface area contributed by atoms with Gasteiger partial charge in [0.2, 0.25) is 0 Å². The van der Waals surface area contributed by atoms with Gasteiger partial charge in [-0.2, -0.15) is 10.2 Å². The molecule has 4 aliphatic rings. The molecule has 3 aromatic carbocycles. The van der Waals surface area contributed by atoms with Crippen molar-refractivity contribution in [1.82, 2.24) is 20.3 Å². The smallest absolute Gasteiger partial charge is 0.312 e. The average Bonchev–Trinajstić information content (AvgIpc) is 4.03. The molecule has 5 bridgehead atoms. The van der Waals surface area contributed by atoms with Crippen LogP contribution in [0.1, 0.15) is 80.3 Å². The Kier molecular flexibility index (Phi) is 20.9. The van der Waals surface area contributed by atoms with E-state index in [9.17, 15) is 44.7 Å². The van der Waals surface area contributed by atoms with E-state index >= 15 is 0 Å². The molecule has 1 fully saturated rings. The molecule has 81 heavy (non-hydrogen) atoms. The Balaban J connectivity index is 0.000000400. The summed E-state index contributed by atoms with van der Waals surface area (Å²) in [6.45, 7) is 15.1. The molecule has 23 nitrogen and oxygen atoms in total. The number of ketones is 1. The fourth-order valence-electron chi connectivity index (χ4n) is 9.48. The number of benzene rings is 3. The molecule has 9 atom stereocenters. The van der Waals surface area contributed by atoms with Crippen molar-refractivity contribution in [1.29, 1.82) is 0 Å². The van der Waals surface area contributed by atoms with E-state index in [2.05, 4.69) is 30.8 Å². The van der Waals surface area contributed by atoms with Gasteiger partial charge in [0, 0.05) is 105 Å². The lowest BCUT2D eigenvalue weighted by molar-refractivity contribution is -0.160. The summed E-state index contributed by atoms with van der Waals surface area (Å²) in [6.07, 6.45) is 7.91. The number of likely N-dealkylation sites (N-methyl/N-ethyl adjacent to an activating group) is 1. The molecule has 4 aromatic rings. The maximum absolute atomic E-state index is 14.4. The summed E-state index contributed by atoms with van der Waals surface area (Å²) in [6, 6.07) is 10.2. The number of Topliss-reactive ketones (excluding diaryl/α,β-unsaturated/α-hetero) is 1. The van der Waals surface area contributed by atoms with E-state index in [4.69, 9.17) is 34.2 Å². The zero-order valence-corrected chi connectivity index (χ0v) is 47.4. The second-order valence-electron chi connectivity index (χ2n) is 20.4. The summed E-state index contributed by atoms with van der Waals surface area (Å²) in [5.41, 5.74) is 8.12. The average molecular weight is 1120 g/mol. The van der Waals surface area contributed by atoms with E-state index in [0.29, 0.717) is 24.4 Å². The van der Waals surface area contributed by atoms with E-state index in [1.165, 1.54) is 71.8 Å². The number of allylic oxidation sites excluding steroid dienone is 2. The Morgan fingerprint density at radius 2 is 1.56 bits per heavy atom. The van der Waals surface area contributed by atoms with Crippen molar-refractivity contribution in [3.8, 4) is 34.5 Å². The molecule has 8 rings (SSSR count). The van der Waals surface area contributed by atoms with Crippen molar-refractivity contribution < 1.29 is 73.1 Å². The number of aromatic hydroxyl groups is 3. The number of nitrogens with zero attached hydrogens (tertiary/aromatic N) is 5. The third-order valence-electron chi connectivity index (χ3n) is 14.6. The number of aliphatic hydroxyl groups is 2. The quantitative estimate of drug-likeness (QED) is 0.0242. The highest BCUT2D eigenvalue weighted by Gasteiger charge is 2.50. The number of phenolic OH excluding ortho intramolecular Hbond substituents is 3. The van der Waals surface area contributed by atoms with Crippen LogP contribution in [0.5, 0.6) is 34.5 Å². The molecule has 9 N–H and O–H groups in total. The van der Waals surface area contributed by atoms with Crippen LogP contribution in [-0.4, -0.2) is 160 Å². The normalized spacial score (nSPS) is 26.3. The van der Waals surface area contributed by atoms with Gasteiger partial charge in [-0.05, 0) is 63.4 Å². The van der Waals surface area contributed by atoms with E-state index in [-0.39, 0.29) is 62.8 Å². The van der Waals surface area contributed by atoms with Crippen molar-refractivity contribution in [2.24, 2.45) is 39.6 Å². The lowest BCUT2D eigenvalue weighted by atomic mass is 9.78. The van der Waals surface area contributed by atoms with Crippen LogP contribution in [0.25, 0.3) is 10.8 Å². The topological polar surface area (TPSA) is 319 Å². The second-order valence-corrected chi connectivity index (χ2v) is 20.4. The lowest BCUT2D eigenvalue weighted by Gasteiger charge is -2.38. The minimum Gasteiger partial charge on any atom is -0.507 e. The first-order valence-corrected chi connectivity index (χ1v) is 26.3. The van der Waals surface area contributed by atoms with Crippen LogP contribution >= 0.6 is 0 Å². The molecule has 2 amide bonds. The van der Waals surface area contributed by atoms with Gasteiger partial charge in [0.25, 0.3) is 17.6 Å². The van der Waals surface area contributed by atoms with Crippen molar-refractivity contribution in [2.75, 3.05) is 59.4 Å². The Morgan fingerprint density at radius 1 is 0.901 bits per heavy atom. The number of hydrogen-bond donors (Lipinski definition) is 8. The maximum atomic E-state index is 14.4. The second kappa shape index (κ2) is 27.3. The molecule has 0 spiro atoms. The molecule has 436 valence electrons. The van der Waals surface area contributed by atoms with Gasteiger partial charge in [-0.15, -0.1) is 0 Å². The van der Waals surface area contributed by atoms with Crippen LogP contribution in [0, 0.1) is 30.6 Å². The first kappa shape index (κ1) is 62.0. The highest BCUT2D eigenvalue weighted by molar-refractivity contribution is 6.24. The zero-order chi connectivity index (χ0) is 59.5. The Bertz CT molecular complexity index is 3070. The van der Waals surface area contributed by atoms with Gasteiger partial charge in [-0.3, -0.25) is 29.2 Å². The van der Waals surface area contributed by atoms with Crippen molar-refractivity contribution >= 4 is 52.1 Å². The number of phenols is 3. The Morgan fingerprint density at radius 3 is 2.19 bits per heavy atom. The molecule has 0 saturated carbocycles. The lowest BCUT2D eigenvalue weighted by Crippen LogP contribution is -2.46. The van der Waals surface area contributed by atoms with Crippen molar-refractivity contribution in [3.63, 3.8) is 0 Å². The third kappa shape index (κ3) is 14.6. The minimum absolute atomic E-state index is 0.0559. The number of amides is 2. The number of aromatic nitrogens is 1. The number of piperazine rings is 1. The molecule has 1 saturated heterocycles. The number of esters is 1. The summed E-state index contributed by atoms with van der Waals surface area (Å²) in [5, 5.41) is 70.6. The van der Waals surface area contributed by atoms with Gasteiger partial charge in [0.15, 0.2) is 11.6 Å². The van der Waals surface area contributed by atoms with Crippen LogP contribution < -0.4 is 30.7 Å². The van der Waals surface area contributed by atoms with E-state index in [1.807, 2.05) is 7.05 Å². The minimum atomic E-state index is -2.04. The number of anilines is 1. The number of methoxy groups -OCH3 is 2. The molecule has 0 radical (unpaired) electrons. The van der Waals surface area contributed by atoms with Crippen LogP contribution in [0.4, 0.5) is 5.69 Å². The first-order valence-electron chi connectivity index (χ1n) is 26.3. The largest absolute Gasteiger partial charge is 0.507 e. The molecule has 0 unspecified atom stereocenters. The summed E-state index contributed by atoms with van der Waals surface area (Å²) in [7, 11) is 5.01. The number of amidine groups is 1. The first-order chi connectivity index (χ1) is 38.4. The van der Waals surface area contributed by atoms with E-state index in [1.54, 1.807) is 88.4 Å². The van der Waals surface area contributed by atoms with Crippen LogP contribution in [0.15, 0.2) is 95.1 Å². The number of carbonyl (C=O) groups is 4. The Hall–Kier alpha value is -8.25. The summed E-state index contributed by atoms with van der Waals surface area (Å²) >= 11 is 0. The fourth-order valence-corrected chi connectivity index (χ4v) is 9.48. The highest BCUT2D eigenvalue weighted by Crippen LogP contribution is 2.55. The third-order valence-corrected chi connectivity index (χ3v) is 14.6. The molecule has 5 heterocycles. The predicted octanol–water partition coefficient (Wildman–Crippen LogP) is 5.51. The van der Waals surface area contributed by atoms with Gasteiger partial charge in [-0.1, -0.05) is 45.9 Å². The molecule has 23 heteroatoms. The number of hydrazone groups is 2. The maximum Gasteiger partial charge on any atom is 0.312 e. The standard InChI is InChI=1S/C43H58N4O12.C15H16N4O3/c1-21-12-11-13-22(2)42(55)45-33-28(20-44-47-17-15-46(9)16-18-47)37(52)30-31(38(33)53)36(51)26(6)40-32(30)41(54)43(8,59-40)57-19-14-29(56-10)23(3)39(58-27(7)48)25(5)35(50)24(4)34(21)49;1-21-12-2-4-13(5-3-12)22-10-14(16)18-19-15(20)11-6-8-17-9-7-11/h11-14,19-21,23-25,29,34-35,39,49-53H,15-18H2,1-10H3,(H,45,55);2-9H,10H2,1H3,(H2,16,18)(H,19,20)/b12-11+,19-14+,22-13-,44-20-;/t21-,23-,24-,25-,29+,34+,35+,39-,43+;/m1./s1. The van der Waals surface area contributed by atoms with E-state index in [0.717, 1.165) is 18.8 Å². The Labute approximate surface area is 470 Å².